The van der Waals surface area contributed by atoms with Crippen molar-refractivity contribution >= 4 is 15.9 Å². The third-order valence-electron chi connectivity index (χ3n) is 4.01. The number of halogens is 1. The summed E-state index contributed by atoms with van der Waals surface area (Å²) in [5, 5.41) is 8.16. The zero-order valence-electron chi connectivity index (χ0n) is 12.5. The summed E-state index contributed by atoms with van der Waals surface area (Å²) >= 11 is 3.74. The van der Waals surface area contributed by atoms with Gasteiger partial charge < -0.3 is 5.32 Å². The third kappa shape index (κ3) is 3.03. The van der Waals surface area contributed by atoms with E-state index >= 15 is 0 Å². The molecule has 1 aliphatic heterocycles. The van der Waals surface area contributed by atoms with Gasteiger partial charge in [0.2, 0.25) is 0 Å². The van der Waals surface area contributed by atoms with Gasteiger partial charge in [-0.25, -0.2) is 0 Å². The second-order valence-electron chi connectivity index (χ2n) is 5.79. The fraction of sp³-hybridized carbons (Fsp3) is 0.786. The molecule has 0 radical (unpaired) electrons. The van der Waals surface area contributed by atoms with E-state index < -0.39 is 0 Å². The predicted octanol–water partition coefficient (Wildman–Crippen LogP) is 2.41. The Balaban J connectivity index is 2.24. The van der Waals surface area contributed by atoms with Crippen LogP contribution in [0.5, 0.6) is 0 Å². The maximum Gasteiger partial charge on any atom is 0.0767 e. The molecule has 1 saturated heterocycles. The number of aromatic nitrogens is 2. The molecule has 1 aromatic rings. The maximum atomic E-state index is 4.69. The van der Waals surface area contributed by atoms with Crippen LogP contribution in [0.3, 0.4) is 0 Å². The van der Waals surface area contributed by atoms with Gasteiger partial charge in [0.05, 0.1) is 15.9 Å². The molecule has 0 aromatic carbocycles. The van der Waals surface area contributed by atoms with Crippen LogP contribution in [-0.2, 0) is 19.5 Å². The quantitative estimate of drug-likeness (QED) is 0.921. The van der Waals surface area contributed by atoms with Crippen molar-refractivity contribution < 1.29 is 0 Å². The van der Waals surface area contributed by atoms with E-state index in [2.05, 4.69) is 63.6 Å². The predicted molar refractivity (Wildman–Crippen MR) is 82.3 cm³/mol. The molecular weight excluding hydrogens is 304 g/mol. The Morgan fingerprint density at radius 3 is 2.68 bits per heavy atom. The Hall–Kier alpha value is -0.390. The van der Waals surface area contributed by atoms with Gasteiger partial charge in [-0.3, -0.25) is 9.58 Å². The summed E-state index contributed by atoms with van der Waals surface area (Å²) in [7, 11) is 0. The molecule has 0 spiro atoms. The number of hydrogen-bond acceptors (Lipinski definition) is 3. The van der Waals surface area contributed by atoms with Crippen LogP contribution in [0, 0.1) is 0 Å². The van der Waals surface area contributed by atoms with E-state index in [-0.39, 0.29) is 5.54 Å². The molecule has 1 fully saturated rings. The molecule has 0 saturated carbocycles. The fourth-order valence-corrected chi connectivity index (χ4v) is 3.35. The molecule has 0 unspecified atom stereocenters. The van der Waals surface area contributed by atoms with E-state index in [1.165, 1.54) is 15.9 Å². The molecule has 1 aliphatic rings. The third-order valence-corrected chi connectivity index (χ3v) is 4.92. The summed E-state index contributed by atoms with van der Waals surface area (Å²) in [5.74, 6) is 0. The van der Waals surface area contributed by atoms with Gasteiger partial charge >= 0.3 is 0 Å². The molecule has 19 heavy (non-hydrogen) atoms. The zero-order valence-corrected chi connectivity index (χ0v) is 14.0. The van der Waals surface area contributed by atoms with Gasteiger partial charge in [0.15, 0.2) is 0 Å². The average Bonchev–Trinajstić information content (AvgIpc) is 2.68. The first-order chi connectivity index (χ1) is 8.99. The Bertz CT molecular complexity index is 439. The van der Waals surface area contributed by atoms with Crippen LogP contribution in [0.2, 0.25) is 0 Å². The Morgan fingerprint density at radius 1 is 1.37 bits per heavy atom. The van der Waals surface area contributed by atoms with Crippen LogP contribution in [0.4, 0.5) is 0 Å². The highest BCUT2D eigenvalue weighted by molar-refractivity contribution is 9.10. The number of piperazine rings is 1. The molecule has 4 nitrogen and oxygen atoms in total. The lowest BCUT2D eigenvalue weighted by molar-refractivity contribution is 0.0796. The van der Waals surface area contributed by atoms with Crippen molar-refractivity contribution in [2.45, 2.75) is 52.7 Å². The lowest BCUT2D eigenvalue weighted by Crippen LogP contribution is -2.57. The Morgan fingerprint density at radius 2 is 2.11 bits per heavy atom. The molecule has 0 amide bonds. The molecule has 5 heteroatoms. The van der Waals surface area contributed by atoms with E-state index in [0.717, 1.165) is 39.1 Å². The van der Waals surface area contributed by atoms with E-state index in [9.17, 15) is 0 Å². The molecule has 2 rings (SSSR count). The molecular formula is C14H25BrN4. The number of hydrogen-bond donors (Lipinski definition) is 1. The van der Waals surface area contributed by atoms with Crippen molar-refractivity contribution in [1.29, 1.82) is 0 Å². The first kappa shape index (κ1) is 15.0. The minimum atomic E-state index is 0.201. The molecule has 2 heterocycles. The van der Waals surface area contributed by atoms with Gasteiger partial charge in [-0.15, -0.1) is 0 Å². The van der Waals surface area contributed by atoms with Crippen LogP contribution >= 0.6 is 15.9 Å². The van der Waals surface area contributed by atoms with Gasteiger partial charge in [0.1, 0.15) is 0 Å². The second kappa shape index (κ2) is 5.94. The Kier molecular flexibility index (Phi) is 4.69. The highest BCUT2D eigenvalue weighted by atomic mass is 79.9. The van der Waals surface area contributed by atoms with Gasteiger partial charge in [0.25, 0.3) is 0 Å². The molecule has 1 N–H and O–H groups in total. The highest BCUT2D eigenvalue weighted by Gasteiger charge is 2.31. The summed E-state index contributed by atoms with van der Waals surface area (Å²) in [6.07, 6.45) is 0.978. The van der Waals surface area contributed by atoms with Gasteiger partial charge in [-0.05, 0) is 43.1 Å². The summed E-state index contributed by atoms with van der Waals surface area (Å²) in [4.78, 5) is 2.55. The van der Waals surface area contributed by atoms with Crippen molar-refractivity contribution in [2.75, 3.05) is 19.6 Å². The Labute approximate surface area is 124 Å². The molecule has 108 valence electrons. The smallest absolute Gasteiger partial charge is 0.0767 e. The minimum Gasteiger partial charge on any atom is -0.314 e. The van der Waals surface area contributed by atoms with Crippen LogP contribution in [0.1, 0.15) is 39.1 Å². The first-order valence-corrected chi connectivity index (χ1v) is 7.98. The normalized spacial score (nSPS) is 19.8. The standard InChI is InChI=1S/C14H25BrN4/c1-5-11-13(15)12(19(6-2)17-11)9-18-8-7-16-10-14(18,3)4/h16H,5-10H2,1-4H3. The summed E-state index contributed by atoms with van der Waals surface area (Å²) in [6, 6.07) is 0. The zero-order chi connectivity index (χ0) is 14.0. The van der Waals surface area contributed by atoms with E-state index in [0.29, 0.717) is 0 Å². The molecule has 0 aliphatic carbocycles. The van der Waals surface area contributed by atoms with Crippen LogP contribution in [0.15, 0.2) is 4.47 Å². The van der Waals surface area contributed by atoms with Crippen molar-refractivity contribution in [3.63, 3.8) is 0 Å². The average molecular weight is 329 g/mol. The SMILES string of the molecule is CCc1nn(CC)c(CN2CCNCC2(C)C)c1Br. The fourth-order valence-electron chi connectivity index (χ4n) is 2.66. The minimum absolute atomic E-state index is 0.201. The van der Waals surface area contributed by atoms with Crippen LogP contribution < -0.4 is 5.32 Å². The summed E-state index contributed by atoms with van der Waals surface area (Å²) < 4.78 is 3.34. The summed E-state index contributed by atoms with van der Waals surface area (Å²) in [5.41, 5.74) is 2.69. The van der Waals surface area contributed by atoms with E-state index in [1.807, 2.05) is 0 Å². The van der Waals surface area contributed by atoms with Crippen molar-refractivity contribution in [2.24, 2.45) is 0 Å². The number of aryl methyl sites for hydroxylation is 2. The number of rotatable bonds is 4. The van der Waals surface area contributed by atoms with E-state index in [4.69, 9.17) is 0 Å². The summed E-state index contributed by atoms with van der Waals surface area (Å²) in [6.45, 7) is 14.0. The second-order valence-corrected chi connectivity index (χ2v) is 6.58. The van der Waals surface area contributed by atoms with Crippen molar-refractivity contribution in [3.05, 3.63) is 15.9 Å². The van der Waals surface area contributed by atoms with Crippen molar-refractivity contribution in [1.82, 2.24) is 20.0 Å². The highest BCUT2D eigenvalue weighted by Crippen LogP contribution is 2.27. The largest absolute Gasteiger partial charge is 0.314 e. The molecule has 1 aromatic heterocycles. The van der Waals surface area contributed by atoms with Gasteiger partial charge in [-0.2, -0.15) is 5.10 Å². The maximum absolute atomic E-state index is 4.69. The number of nitrogens with zero attached hydrogens (tertiary/aromatic N) is 3. The van der Waals surface area contributed by atoms with Gasteiger partial charge in [-0.1, -0.05) is 6.92 Å². The number of nitrogens with one attached hydrogen (secondary N) is 1. The van der Waals surface area contributed by atoms with Crippen molar-refractivity contribution in [3.8, 4) is 0 Å². The lowest BCUT2D eigenvalue weighted by Gasteiger charge is -2.42. The first-order valence-electron chi connectivity index (χ1n) is 7.19. The molecule has 0 atom stereocenters. The van der Waals surface area contributed by atoms with Crippen LogP contribution in [0.25, 0.3) is 0 Å². The van der Waals surface area contributed by atoms with Crippen LogP contribution in [-0.4, -0.2) is 39.9 Å². The molecule has 0 bridgehead atoms. The van der Waals surface area contributed by atoms with Gasteiger partial charge in [0, 0.05) is 38.3 Å². The van der Waals surface area contributed by atoms with E-state index in [1.54, 1.807) is 0 Å². The monoisotopic (exact) mass is 328 g/mol. The lowest BCUT2D eigenvalue weighted by atomic mass is 10.00. The topological polar surface area (TPSA) is 33.1 Å².